The van der Waals surface area contributed by atoms with Crippen molar-refractivity contribution < 1.29 is 57.8 Å². The van der Waals surface area contributed by atoms with E-state index in [9.17, 15) is 53.1 Å². The minimum atomic E-state index is -7.34. The Morgan fingerprint density at radius 2 is 1.11 bits per heavy atom. The quantitative estimate of drug-likeness (QED) is 0.479. The van der Waals surface area contributed by atoms with Gasteiger partial charge in [-0.3, -0.25) is 4.79 Å². The lowest BCUT2D eigenvalue weighted by molar-refractivity contribution is -0.477. The molecule has 3 nitrogen and oxygen atoms in total. The van der Waals surface area contributed by atoms with Crippen molar-refractivity contribution >= 4 is 5.91 Å². The average molecular weight is 425 g/mol. The molecule has 27 heavy (non-hydrogen) atoms. The molecule has 1 fully saturated rings. The summed E-state index contributed by atoms with van der Waals surface area (Å²) in [7, 11) is 0. The fourth-order valence-electron chi connectivity index (χ4n) is 2.43. The standard InChI is InChI=1S/C13H14F11NO2/c1-3-25(5-6-27-4-2)7(26)8(14)9(15,16)11(19,20)13(23,24)12(21,22)10(8,17)18/h3-6H2,1-2H3. The van der Waals surface area contributed by atoms with Crippen LogP contribution in [0, 0.1) is 0 Å². The van der Waals surface area contributed by atoms with E-state index in [1.54, 1.807) is 0 Å². The van der Waals surface area contributed by atoms with Crippen molar-refractivity contribution in [2.75, 3.05) is 26.3 Å². The molecule has 0 aromatic rings. The summed E-state index contributed by atoms with van der Waals surface area (Å²) in [6, 6.07) is 0. The van der Waals surface area contributed by atoms with Crippen LogP contribution in [-0.4, -0.2) is 72.4 Å². The monoisotopic (exact) mass is 425 g/mol. The number of ether oxygens (including phenoxy) is 1. The first-order valence-electron chi connectivity index (χ1n) is 7.38. The van der Waals surface area contributed by atoms with Gasteiger partial charge in [0.1, 0.15) is 0 Å². The maximum Gasteiger partial charge on any atom is 0.384 e. The molecule has 0 radical (unpaired) electrons. The highest BCUT2D eigenvalue weighted by Gasteiger charge is 3.03. The van der Waals surface area contributed by atoms with Gasteiger partial charge in [-0.2, -0.15) is 43.9 Å². The minimum Gasteiger partial charge on any atom is -0.380 e. The SMILES string of the molecule is CCOCCN(CC)C(=O)C1(F)C(F)(F)C(F)(F)C(F)(F)C(F)(F)C1(F)F. The number of carbonyl (C=O) groups excluding carboxylic acids is 1. The highest BCUT2D eigenvalue weighted by molar-refractivity contribution is 5.89. The van der Waals surface area contributed by atoms with Crippen molar-refractivity contribution in [3.63, 3.8) is 0 Å². The molecule has 0 aromatic carbocycles. The van der Waals surface area contributed by atoms with Crippen LogP contribution in [0.3, 0.4) is 0 Å². The van der Waals surface area contributed by atoms with Crippen molar-refractivity contribution in [3.8, 4) is 0 Å². The van der Waals surface area contributed by atoms with E-state index in [0.717, 1.165) is 6.92 Å². The van der Waals surface area contributed by atoms with Crippen LogP contribution in [0.4, 0.5) is 48.3 Å². The van der Waals surface area contributed by atoms with Crippen LogP contribution in [0.2, 0.25) is 0 Å². The number of carbonyl (C=O) groups is 1. The van der Waals surface area contributed by atoms with Crippen LogP contribution >= 0.6 is 0 Å². The molecule has 1 aliphatic carbocycles. The van der Waals surface area contributed by atoms with Gasteiger partial charge in [0.2, 0.25) is 0 Å². The molecule has 0 N–H and O–H groups in total. The van der Waals surface area contributed by atoms with Gasteiger partial charge in [0.05, 0.1) is 6.61 Å². The molecular weight excluding hydrogens is 411 g/mol. The second-order valence-electron chi connectivity index (χ2n) is 5.61. The van der Waals surface area contributed by atoms with Crippen molar-refractivity contribution in [1.29, 1.82) is 0 Å². The Bertz CT molecular complexity index is 549. The van der Waals surface area contributed by atoms with Gasteiger partial charge >= 0.3 is 35.3 Å². The number of nitrogens with zero attached hydrogens (tertiary/aromatic N) is 1. The zero-order chi connectivity index (χ0) is 21.7. The number of alkyl halides is 11. The summed E-state index contributed by atoms with van der Waals surface area (Å²) in [6.07, 6.45) is 0. The molecular formula is C13H14F11NO2. The van der Waals surface area contributed by atoms with Crippen LogP contribution in [0.1, 0.15) is 13.8 Å². The zero-order valence-corrected chi connectivity index (χ0v) is 13.7. The maximum atomic E-state index is 14.6. The Labute approximate surface area is 145 Å². The summed E-state index contributed by atoms with van der Waals surface area (Å²) in [4.78, 5) is 11.7. The smallest absolute Gasteiger partial charge is 0.380 e. The third-order valence-electron chi connectivity index (χ3n) is 4.12. The molecule has 0 aliphatic heterocycles. The Kier molecular flexibility index (Phi) is 5.81. The van der Waals surface area contributed by atoms with Crippen molar-refractivity contribution in [3.05, 3.63) is 0 Å². The first-order chi connectivity index (χ1) is 11.9. The summed E-state index contributed by atoms with van der Waals surface area (Å²) in [5.41, 5.74) is -6.64. The number of hydrogen-bond donors (Lipinski definition) is 0. The van der Waals surface area contributed by atoms with Gasteiger partial charge in [-0.25, -0.2) is 4.39 Å². The van der Waals surface area contributed by atoms with E-state index >= 15 is 0 Å². The summed E-state index contributed by atoms with van der Waals surface area (Å²) in [5.74, 6) is -39.4. The zero-order valence-electron chi connectivity index (χ0n) is 13.7. The molecule has 160 valence electrons. The lowest BCUT2D eigenvalue weighted by Gasteiger charge is -2.52. The lowest BCUT2D eigenvalue weighted by Crippen LogP contribution is -2.86. The van der Waals surface area contributed by atoms with Crippen LogP contribution in [0.15, 0.2) is 0 Å². The fraction of sp³-hybridized carbons (Fsp3) is 0.923. The van der Waals surface area contributed by atoms with Gasteiger partial charge in [0, 0.05) is 19.7 Å². The third-order valence-corrected chi connectivity index (χ3v) is 4.12. The molecule has 0 aromatic heterocycles. The molecule has 1 aliphatic rings. The largest absolute Gasteiger partial charge is 0.384 e. The number of hydrogen-bond acceptors (Lipinski definition) is 2. The number of rotatable bonds is 6. The molecule has 0 unspecified atom stereocenters. The van der Waals surface area contributed by atoms with Crippen molar-refractivity contribution in [1.82, 2.24) is 4.90 Å². The highest BCUT2D eigenvalue weighted by atomic mass is 19.4. The van der Waals surface area contributed by atoms with Crippen molar-refractivity contribution in [2.45, 2.75) is 49.1 Å². The van der Waals surface area contributed by atoms with Gasteiger partial charge < -0.3 is 9.64 Å². The molecule has 0 atom stereocenters. The Hall–Kier alpha value is -1.34. The van der Waals surface area contributed by atoms with Crippen LogP contribution in [0.25, 0.3) is 0 Å². The second-order valence-corrected chi connectivity index (χ2v) is 5.61. The van der Waals surface area contributed by atoms with Crippen molar-refractivity contribution in [2.24, 2.45) is 0 Å². The normalized spacial score (nSPS) is 26.4. The molecule has 0 heterocycles. The van der Waals surface area contributed by atoms with Gasteiger partial charge in [0.15, 0.2) is 0 Å². The van der Waals surface area contributed by atoms with E-state index in [1.807, 2.05) is 0 Å². The maximum absolute atomic E-state index is 14.6. The van der Waals surface area contributed by atoms with E-state index in [2.05, 4.69) is 4.74 Å². The predicted octanol–water partition coefficient (Wildman–Crippen LogP) is 3.77. The molecule has 1 rings (SSSR count). The van der Waals surface area contributed by atoms with Crippen LogP contribution in [-0.2, 0) is 9.53 Å². The first-order valence-corrected chi connectivity index (χ1v) is 7.38. The molecule has 1 saturated carbocycles. The minimum absolute atomic E-state index is 0.0405. The van der Waals surface area contributed by atoms with Gasteiger partial charge in [-0.15, -0.1) is 0 Å². The topological polar surface area (TPSA) is 29.5 Å². The summed E-state index contributed by atoms with van der Waals surface area (Å²) in [5, 5.41) is 0. The number of amides is 1. The molecule has 14 heteroatoms. The van der Waals surface area contributed by atoms with E-state index in [-0.39, 0.29) is 11.5 Å². The summed E-state index contributed by atoms with van der Waals surface area (Å²) >= 11 is 0. The van der Waals surface area contributed by atoms with E-state index in [4.69, 9.17) is 0 Å². The second kappa shape index (κ2) is 6.62. The van der Waals surface area contributed by atoms with E-state index in [0.29, 0.717) is 0 Å². The average Bonchev–Trinajstić information content (AvgIpc) is 2.55. The fourth-order valence-corrected chi connectivity index (χ4v) is 2.43. The molecule has 0 saturated heterocycles. The molecule has 0 spiro atoms. The Morgan fingerprint density at radius 3 is 1.44 bits per heavy atom. The summed E-state index contributed by atoms with van der Waals surface area (Å²) < 4.78 is 154. The Morgan fingerprint density at radius 1 is 0.741 bits per heavy atom. The van der Waals surface area contributed by atoms with Crippen LogP contribution < -0.4 is 0 Å². The summed E-state index contributed by atoms with van der Waals surface area (Å²) in [6.45, 7) is -0.0994. The van der Waals surface area contributed by atoms with Gasteiger partial charge in [0.25, 0.3) is 5.91 Å². The Balaban J connectivity index is 3.63. The van der Waals surface area contributed by atoms with E-state index in [1.165, 1.54) is 6.92 Å². The molecule has 1 amide bonds. The van der Waals surface area contributed by atoms with Gasteiger partial charge in [-0.1, -0.05) is 0 Å². The van der Waals surface area contributed by atoms with Gasteiger partial charge in [-0.05, 0) is 13.8 Å². The van der Waals surface area contributed by atoms with E-state index < -0.39 is 60.9 Å². The first kappa shape index (κ1) is 23.7. The number of halogens is 11. The predicted molar refractivity (Wildman–Crippen MR) is 67.3 cm³/mol. The van der Waals surface area contributed by atoms with Crippen LogP contribution in [0.5, 0.6) is 0 Å². The number of likely N-dealkylation sites (N-methyl/N-ethyl adjacent to an activating group) is 1. The highest BCUT2D eigenvalue weighted by Crippen LogP contribution is 2.69. The molecule has 0 bridgehead atoms. The lowest BCUT2D eigenvalue weighted by atomic mass is 9.71. The third kappa shape index (κ3) is 2.61.